The van der Waals surface area contributed by atoms with Gasteiger partial charge in [-0.05, 0) is 56.8 Å². The van der Waals surface area contributed by atoms with Crippen LogP contribution < -0.4 is 10.6 Å². The maximum Gasteiger partial charge on any atom is 0.251 e. The van der Waals surface area contributed by atoms with Crippen LogP contribution in [0.15, 0.2) is 82.6 Å². The van der Waals surface area contributed by atoms with Gasteiger partial charge in [0.05, 0.1) is 5.69 Å². The summed E-state index contributed by atoms with van der Waals surface area (Å²) in [7, 11) is 2.07. The molecule has 32 heavy (non-hydrogen) atoms. The van der Waals surface area contributed by atoms with E-state index in [4.69, 9.17) is 0 Å². The third-order valence-corrected chi connectivity index (χ3v) is 6.67. The van der Waals surface area contributed by atoms with Crippen LogP contribution >= 0.6 is 11.8 Å². The van der Waals surface area contributed by atoms with Gasteiger partial charge < -0.3 is 15.5 Å². The smallest absolute Gasteiger partial charge is 0.251 e. The second-order valence-electron chi connectivity index (χ2n) is 8.12. The number of hydrogen-bond acceptors (Lipinski definition) is 4. The highest BCUT2D eigenvalue weighted by Crippen LogP contribution is 2.42. The van der Waals surface area contributed by atoms with Crippen molar-refractivity contribution in [1.82, 2.24) is 10.2 Å². The summed E-state index contributed by atoms with van der Waals surface area (Å²) < 4.78 is 0. The van der Waals surface area contributed by atoms with E-state index in [2.05, 4.69) is 78.0 Å². The molecule has 164 valence electrons. The molecular weight excluding hydrogens is 414 g/mol. The van der Waals surface area contributed by atoms with E-state index >= 15 is 0 Å². The maximum atomic E-state index is 12.8. The van der Waals surface area contributed by atoms with Gasteiger partial charge in [0.25, 0.3) is 5.91 Å². The molecule has 0 radical (unpaired) electrons. The van der Waals surface area contributed by atoms with E-state index in [0.717, 1.165) is 29.4 Å². The number of nitrogens with one attached hydrogen (secondary N) is 2. The summed E-state index contributed by atoms with van der Waals surface area (Å²) >= 11 is 1.73. The highest BCUT2D eigenvalue weighted by molar-refractivity contribution is 7.99. The Morgan fingerprint density at radius 2 is 1.84 bits per heavy atom. The Kier molecular flexibility index (Phi) is 6.98. The van der Waals surface area contributed by atoms with E-state index in [-0.39, 0.29) is 5.91 Å². The van der Waals surface area contributed by atoms with Crippen molar-refractivity contribution in [3.63, 3.8) is 0 Å². The molecule has 3 aromatic rings. The number of carbonyl (C=O) groups is 1. The first-order valence-electron chi connectivity index (χ1n) is 10.9. The van der Waals surface area contributed by atoms with Gasteiger partial charge in [-0.2, -0.15) is 0 Å². The Morgan fingerprint density at radius 3 is 2.62 bits per heavy atom. The van der Waals surface area contributed by atoms with Crippen LogP contribution in [0.4, 0.5) is 5.69 Å². The lowest BCUT2D eigenvalue weighted by molar-refractivity contribution is 0.0949. The summed E-state index contributed by atoms with van der Waals surface area (Å²) in [5, 5.41) is 6.60. The molecule has 1 aliphatic rings. The molecule has 0 saturated heterocycles. The number of fused-ring (bicyclic) bond motifs is 2. The van der Waals surface area contributed by atoms with Crippen molar-refractivity contribution in [3.05, 3.63) is 95.1 Å². The van der Waals surface area contributed by atoms with Crippen LogP contribution in [0, 0.1) is 6.92 Å². The Morgan fingerprint density at radius 1 is 1.06 bits per heavy atom. The van der Waals surface area contributed by atoms with Gasteiger partial charge in [-0.25, -0.2) is 0 Å². The Labute approximate surface area is 194 Å². The van der Waals surface area contributed by atoms with Crippen LogP contribution in [-0.2, 0) is 6.54 Å². The number of benzene rings is 3. The Bertz CT molecular complexity index is 1140. The fraction of sp³-hybridized carbons (Fsp3) is 0.222. The number of allylic oxidation sites excluding steroid dienone is 1. The van der Waals surface area contributed by atoms with Gasteiger partial charge in [-0.15, -0.1) is 0 Å². The van der Waals surface area contributed by atoms with Crippen LogP contribution in [0.1, 0.15) is 34.0 Å². The minimum absolute atomic E-state index is 0.0488. The molecule has 0 unspecified atom stereocenters. The zero-order valence-corrected chi connectivity index (χ0v) is 19.6. The number of aryl methyl sites for hydroxylation is 1. The molecule has 0 fully saturated rings. The molecule has 0 bridgehead atoms. The second kappa shape index (κ2) is 10.1. The van der Waals surface area contributed by atoms with Gasteiger partial charge in [0, 0.05) is 46.2 Å². The van der Waals surface area contributed by atoms with E-state index in [1.807, 2.05) is 31.2 Å². The van der Waals surface area contributed by atoms with Crippen LogP contribution in [-0.4, -0.2) is 30.9 Å². The predicted octanol–water partition coefficient (Wildman–Crippen LogP) is 5.79. The molecule has 4 nitrogen and oxygen atoms in total. The monoisotopic (exact) mass is 443 g/mol. The molecule has 1 heterocycles. The van der Waals surface area contributed by atoms with Crippen molar-refractivity contribution < 1.29 is 4.79 Å². The Hall–Kier alpha value is -3.02. The number of hydrogen-bond donors (Lipinski definition) is 2. The summed E-state index contributed by atoms with van der Waals surface area (Å²) in [5.41, 5.74) is 6.39. The first-order valence-corrected chi connectivity index (χ1v) is 11.7. The SMILES string of the molecule is CC=C1Nc2cc(C(=O)NCCN(C)Cc3ccccc3)ccc2Sc2ccc(C)cc21. The molecule has 0 spiro atoms. The molecule has 3 aromatic carbocycles. The summed E-state index contributed by atoms with van der Waals surface area (Å²) in [6, 6.07) is 22.8. The lowest BCUT2D eigenvalue weighted by Crippen LogP contribution is -2.32. The van der Waals surface area contributed by atoms with Gasteiger partial charge in [0.2, 0.25) is 0 Å². The van der Waals surface area contributed by atoms with Gasteiger partial charge in [-0.3, -0.25) is 4.79 Å². The van der Waals surface area contributed by atoms with Gasteiger partial charge in [-0.1, -0.05) is 59.8 Å². The third-order valence-electron chi connectivity index (χ3n) is 5.52. The normalized spacial score (nSPS) is 13.8. The fourth-order valence-electron chi connectivity index (χ4n) is 3.80. The van der Waals surface area contributed by atoms with Crippen LogP contribution in [0.3, 0.4) is 0 Å². The van der Waals surface area contributed by atoms with Crippen molar-refractivity contribution in [2.45, 2.75) is 30.2 Å². The topological polar surface area (TPSA) is 44.4 Å². The zero-order chi connectivity index (χ0) is 22.5. The Balaban J connectivity index is 1.41. The number of carbonyl (C=O) groups excluding carboxylic acids is 1. The number of anilines is 1. The standard InChI is InChI=1S/C27H29N3OS/c1-4-23-22-16-19(2)10-12-25(22)32-26-13-11-21(17-24(26)29-23)27(31)28-14-15-30(3)18-20-8-6-5-7-9-20/h4-13,16-17,29H,14-15,18H2,1-3H3,(H,28,31). The quantitative estimate of drug-likeness (QED) is 0.506. The zero-order valence-electron chi connectivity index (χ0n) is 18.8. The predicted molar refractivity (Wildman–Crippen MR) is 134 cm³/mol. The molecule has 1 aliphatic heterocycles. The first-order chi connectivity index (χ1) is 15.5. The molecule has 0 atom stereocenters. The van der Waals surface area contributed by atoms with E-state index in [0.29, 0.717) is 12.1 Å². The van der Waals surface area contributed by atoms with E-state index in [1.165, 1.54) is 21.6 Å². The van der Waals surface area contributed by atoms with E-state index in [1.54, 1.807) is 11.8 Å². The number of amides is 1. The minimum Gasteiger partial charge on any atom is -0.354 e. The highest BCUT2D eigenvalue weighted by Gasteiger charge is 2.19. The van der Waals surface area contributed by atoms with Gasteiger partial charge in [0.15, 0.2) is 0 Å². The molecule has 4 rings (SSSR count). The average molecular weight is 444 g/mol. The summed E-state index contributed by atoms with van der Waals surface area (Å²) in [4.78, 5) is 17.3. The number of rotatable bonds is 6. The van der Waals surface area contributed by atoms with Crippen molar-refractivity contribution in [1.29, 1.82) is 0 Å². The molecule has 2 N–H and O–H groups in total. The van der Waals surface area contributed by atoms with E-state index < -0.39 is 0 Å². The second-order valence-corrected chi connectivity index (χ2v) is 9.20. The largest absolute Gasteiger partial charge is 0.354 e. The molecule has 0 aromatic heterocycles. The first kappa shape index (κ1) is 22.2. The van der Waals surface area contributed by atoms with Crippen molar-refractivity contribution in [2.75, 3.05) is 25.5 Å². The third kappa shape index (κ3) is 5.23. The van der Waals surface area contributed by atoms with E-state index in [9.17, 15) is 4.79 Å². The summed E-state index contributed by atoms with van der Waals surface area (Å²) in [6.45, 7) is 6.40. The maximum absolute atomic E-state index is 12.8. The van der Waals surface area contributed by atoms with Crippen molar-refractivity contribution in [3.8, 4) is 0 Å². The molecule has 0 aliphatic carbocycles. The minimum atomic E-state index is -0.0488. The number of likely N-dealkylation sites (N-methyl/N-ethyl adjacent to an activating group) is 1. The average Bonchev–Trinajstić information content (AvgIpc) is 2.95. The lowest BCUT2D eigenvalue weighted by Gasteiger charge is -2.17. The lowest BCUT2D eigenvalue weighted by atomic mass is 10.1. The van der Waals surface area contributed by atoms with Gasteiger partial charge in [0.1, 0.15) is 0 Å². The fourth-order valence-corrected chi connectivity index (χ4v) is 4.80. The summed E-state index contributed by atoms with van der Waals surface area (Å²) in [6.07, 6.45) is 2.09. The summed E-state index contributed by atoms with van der Waals surface area (Å²) in [5.74, 6) is -0.0488. The molecule has 0 saturated carbocycles. The highest BCUT2D eigenvalue weighted by atomic mass is 32.2. The van der Waals surface area contributed by atoms with Crippen molar-refractivity contribution >= 4 is 29.1 Å². The van der Waals surface area contributed by atoms with Crippen LogP contribution in [0.5, 0.6) is 0 Å². The molecular formula is C27H29N3OS. The molecule has 1 amide bonds. The molecule has 5 heteroatoms. The number of nitrogens with zero attached hydrogens (tertiary/aromatic N) is 1. The van der Waals surface area contributed by atoms with Gasteiger partial charge >= 0.3 is 0 Å². The van der Waals surface area contributed by atoms with Crippen molar-refractivity contribution in [2.24, 2.45) is 0 Å². The van der Waals surface area contributed by atoms with Crippen LogP contribution in [0.2, 0.25) is 0 Å². The van der Waals surface area contributed by atoms with Crippen LogP contribution in [0.25, 0.3) is 5.70 Å².